The number of anilines is 4. The normalized spacial score (nSPS) is 14.8. The van der Waals surface area contributed by atoms with E-state index < -0.39 is 28.8 Å². The summed E-state index contributed by atoms with van der Waals surface area (Å²) in [4.78, 5) is 30.9. The average Bonchev–Trinajstić information content (AvgIpc) is 3.00. The number of carbonyl (C=O) groups excluding carboxylic acids is 1. The number of piperidine rings is 1. The van der Waals surface area contributed by atoms with Gasteiger partial charge in [-0.2, -0.15) is 18.2 Å². The van der Waals surface area contributed by atoms with E-state index in [1.165, 1.54) is 32.6 Å². The van der Waals surface area contributed by atoms with E-state index >= 15 is 0 Å². The predicted octanol–water partition coefficient (Wildman–Crippen LogP) is 3.61. The molecule has 2 aromatic heterocycles. The summed E-state index contributed by atoms with van der Waals surface area (Å²) in [5.41, 5.74) is -0.419. The zero-order chi connectivity index (χ0) is 31.9. The summed E-state index contributed by atoms with van der Waals surface area (Å²) in [5, 5.41) is 8.44. The number of aromatic nitrogens is 4. The summed E-state index contributed by atoms with van der Waals surface area (Å²) >= 11 is -2.68. The van der Waals surface area contributed by atoms with Crippen LogP contribution in [0.25, 0.3) is 0 Å². The van der Waals surface area contributed by atoms with Gasteiger partial charge in [0.15, 0.2) is 5.82 Å². The van der Waals surface area contributed by atoms with Crippen LogP contribution in [0.15, 0.2) is 49.1 Å². The SMILES string of the molecule is CC=CN1CCC(NC(=O)c2ccc(Nc3ncc(C(F)(F)F)c(NCc4nccnc4N(C)S(=O)[O-])n3)c(OC)c2)CC1. The Balaban J connectivity index is 1.51. The number of ether oxygens (including phenoxy) is 1. The third-order valence-electron chi connectivity index (χ3n) is 6.73. The van der Waals surface area contributed by atoms with E-state index in [0.29, 0.717) is 17.4 Å². The molecule has 0 saturated carbocycles. The fourth-order valence-corrected chi connectivity index (χ4v) is 4.79. The number of alkyl halides is 3. The lowest BCUT2D eigenvalue weighted by molar-refractivity contribution is -0.137. The molecule has 1 saturated heterocycles. The van der Waals surface area contributed by atoms with E-state index in [9.17, 15) is 26.7 Å². The number of methoxy groups -OCH3 is 1. The number of amides is 1. The van der Waals surface area contributed by atoms with Gasteiger partial charge in [0.05, 0.1) is 19.3 Å². The Morgan fingerprint density at radius 1 is 1.23 bits per heavy atom. The molecule has 0 spiro atoms. The van der Waals surface area contributed by atoms with Crippen molar-refractivity contribution in [2.75, 3.05) is 42.2 Å². The monoisotopic (exact) mass is 634 g/mol. The fourth-order valence-electron chi connectivity index (χ4n) is 4.50. The van der Waals surface area contributed by atoms with Crippen molar-refractivity contribution in [2.45, 2.75) is 38.5 Å². The first-order valence-corrected chi connectivity index (χ1v) is 14.5. The molecule has 3 N–H and O–H groups in total. The number of likely N-dealkylation sites (tertiary alicyclic amines) is 1. The summed E-state index contributed by atoms with van der Waals surface area (Å²) in [6, 6.07) is 4.65. The average molecular weight is 635 g/mol. The van der Waals surface area contributed by atoms with E-state index in [-0.39, 0.29) is 41.7 Å². The summed E-state index contributed by atoms with van der Waals surface area (Å²) in [5.74, 6) is -0.862. The minimum Gasteiger partial charge on any atom is -0.755 e. The van der Waals surface area contributed by atoms with Crippen LogP contribution >= 0.6 is 0 Å². The minimum atomic E-state index is -4.80. The molecule has 44 heavy (non-hydrogen) atoms. The second-order valence-corrected chi connectivity index (χ2v) is 10.6. The smallest absolute Gasteiger partial charge is 0.421 e. The number of allylic oxidation sites excluding steroid dienone is 1. The zero-order valence-corrected chi connectivity index (χ0v) is 24.9. The highest BCUT2D eigenvalue weighted by atomic mass is 32.2. The van der Waals surface area contributed by atoms with E-state index in [1.54, 1.807) is 12.1 Å². The van der Waals surface area contributed by atoms with E-state index in [2.05, 4.69) is 40.8 Å². The summed E-state index contributed by atoms with van der Waals surface area (Å²) in [6.45, 7) is 3.30. The summed E-state index contributed by atoms with van der Waals surface area (Å²) in [6.07, 6.45) is 3.98. The molecule has 1 atom stereocenters. The van der Waals surface area contributed by atoms with Crippen molar-refractivity contribution < 1.29 is 31.5 Å². The first kappa shape index (κ1) is 32.4. The van der Waals surface area contributed by atoms with Gasteiger partial charge in [0, 0.05) is 61.6 Å². The van der Waals surface area contributed by atoms with Gasteiger partial charge in [-0.1, -0.05) is 6.08 Å². The molecule has 3 heterocycles. The number of carbonyl (C=O) groups is 1. The molecule has 1 unspecified atom stereocenters. The van der Waals surface area contributed by atoms with Gasteiger partial charge in [0.2, 0.25) is 5.95 Å². The molecule has 236 valence electrons. The quantitative estimate of drug-likeness (QED) is 0.264. The third kappa shape index (κ3) is 8.10. The van der Waals surface area contributed by atoms with Gasteiger partial charge in [-0.05, 0) is 44.2 Å². The number of nitrogens with zero attached hydrogens (tertiary/aromatic N) is 6. The molecule has 1 aliphatic rings. The van der Waals surface area contributed by atoms with Crippen LogP contribution in [0.1, 0.15) is 41.4 Å². The standard InChI is InChI=1S/C27H32F3N9O4S/c1-4-11-39-12-7-18(8-13-39)35-25(40)17-5-6-20(22(14-17)43-3)36-26-34-15-19(27(28,29)30)23(37-26)33-16-21-24(32-10-9-31-21)38(2)44(41)42/h4-6,9-11,14-15,18H,7-8,12-13,16H2,1-3H3,(H,35,40)(H,41,42)(H2,33,34,36,37)/p-1. The third-order valence-corrected chi connectivity index (χ3v) is 7.35. The van der Waals surface area contributed by atoms with Crippen LogP contribution in [0.5, 0.6) is 5.75 Å². The van der Waals surface area contributed by atoms with E-state index in [4.69, 9.17) is 4.74 Å². The molecule has 0 bridgehead atoms. The highest BCUT2D eigenvalue weighted by Gasteiger charge is 2.35. The number of rotatable bonds is 11. The summed E-state index contributed by atoms with van der Waals surface area (Å²) < 4.78 is 70.4. The van der Waals surface area contributed by atoms with Crippen molar-refractivity contribution in [3.8, 4) is 5.75 Å². The van der Waals surface area contributed by atoms with Crippen LogP contribution < -0.4 is 25.0 Å². The fraction of sp³-hybridized carbons (Fsp3) is 0.370. The molecule has 3 aromatic rings. The van der Waals surface area contributed by atoms with Crippen LogP contribution in [0.4, 0.5) is 36.4 Å². The van der Waals surface area contributed by atoms with Crippen molar-refractivity contribution in [3.63, 3.8) is 0 Å². The van der Waals surface area contributed by atoms with Gasteiger partial charge in [0.1, 0.15) is 22.8 Å². The van der Waals surface area contributed by atoms with Gasteiger partial charge >= 0.3 is 6.18 Å². The van der Waals surface area contributed by atoms with Crippen LogP contribution in [-0.2, 0) is 24.0 Å². The lowest BCUT2D eigenvalue weighted by Gasteiger charge is -2.31. The first-order chi connectivity index (χ1) is 21.0. The summed E-state index contributed by atoms with van der Waals surface area (Å²) in [7, 11) is 2.62. The molecule has 13 nitrogen and oxygen atoms in total. The maximum absolute atomic E-state index is 13.8. The first-order valence-electron chi connectivity index (χ1n) is 13.4. The Morgan fingerprint density at radius 3 is 2.61 bits per heavy atom. The van der Waals surface area contributed by atoms with Gasteiger partial charge in [-0.3, -0.25) is 18.3 Å². The predicted molar refractivity (Wildman–Crippen MR) is 157 cm³/mol. The number of halogens is 3. The van der Waals surface area contributed by atoms with Crippen molar-refractivity contribution in [3.05, 3.63) is 65.9 Å². The van der Waals surface area contributed by atoms with Gasteiger partial charge in [-0.15, -0.1) is 0 Å². The molecule has 1 fully saturated rings. The van der Waals surface area contributed by atoms with Crippen LogP contribution in [0.3, 0.4) is 0 Å². The lowest BCUT2D eigenvalue weighted by Crippen LogP contribution is -2.43. The van der Waals surface area contributed by atoms with Gasteiger partial charge in [0.25, 0.3) is 5.91 Å². The van der Waals surface area contributed by atoms with E-state index in [0.717, 1.165) is 30.2 Å². The second-order valence-electron chi connectivity index (χ2n) is 9.65. The molecule has 1 aromatic carbocycles. The Labute approximate surface area is 254 Å². The Hall–Kier alpha value is -4.51. The molecule has 0 aliphatic carbocycles. The molecule has 0 radical (unpaired) electrons. The topological polar surface area (TPSA) is 161 Å². The lowest BCUT2D eigenvalue weighted by atomic mass is 10.0. The van der Waals surface area contributed by atoms with Crippen LogP contribution in [0, 0.1) is 0 Å². The second kappa shape index (κ2) is 14.3. The molecule has 17 heteroatoms. The number of nitrogens with one attached hydrogen (secondary N) is 3. The van der Waals surface area contributed by atoms with E-state index in [1.807, 2.05) is 19.2 Å². The molecule has 1 aliphatic heterocycles. The van der Waals surface area contributed by atoms with Crippen molar-refractivity contribution in [1.29, 1.82) is 0 Å². The van der Waals surface area contributed by atoms with Gasteiger partial charge in [-0.25, -0.2) is 9.97 Å². The van der Waals surface area contributed by atoms with Gasteiger partial charge < -0.3 is 30.1 Å². The van der Waals surface area contributed by atoms with Crippen LogP contribution in [0.2, 0.25) is 0 Å². The maximum atomic E-state index is 13.8. The Kier molecular flexibility index (Phi) is 10.5. The number of hydrogen-bond donors (Lipinski definition) is 3. The largest absolute Gasteiger partial charge is 0.755 e. The van der Waals surface area contributed by atoms with Crippen molar-refractivity contribution in [2.24, 2.45) is 0 Å². The zero-order valence-electron chi connectivity index (χ0n) is 24.1. The maximum Gasteiger partial charge on any atom is 0.421 e. The highest BCUT2D eigenvalue weighted by molar-refractivity contribution is 7.80. The Morgan fingerprint density at radius 2 is 1.95 bits per heavy atom. The number of hydrogen-bond acceptors (Lipinski definition) is 11. The number of benzene rings is 1. The minimum absolute atomic E-state index is 0.0278. The van der Waals surface area contributed by atoms with Crippen molar-refractivity contribution >= 4 is 40.4 Å². The molecular formula is C27H31F3N9O4S-. The molecular weight excluding hydrogens is 603 g/mol. The Bertz CT molecular complexity index is 1520. The molecule has 4 rings (SSSR count). The van der Waals surface area contributed by atoms with Crippen molar-refractivity contribution in [1.82, 2.24) is 30.2 Å². The van der Waals surface area contributed by atoms with Crippen LogP contribution in [-0.4, -0.2) is 72.8 Å². The highest BCUT2D eigenvalue weighted by Crippen LogP contribution is 2.35. The molecule has 1 amide bonds.